The first-order valence-electron chi connectivity index (χ1n) is 6.16. The molecule has 0 heterocycles. The first-order chi connectivity index (χ1) is 9.40. The minimum atomic E-state index is -0.593. The van der Waals surface area contributed by atoms with Crippen LogP contribution in [0.15, 0.2) is 36.4 Å². The average Bonchev–Trinajstić information content (AvgIpc) is 2.40. The first kappa shape index (κ1) is 14.1. The van der Waals surface area contributed by atoms with Crippen LogP contribution in [-0.4, -0.2) is 4.92 Å². The molecule has 2 aromatic carbocycles. The van der Waals surface area contributed by atoms with Gasteiger partial charge < -0.3 is 5.73 Å². The lowest BCUT2D eigenvalue weighted by atomic mass is 9.92. The van der Waals surface area contributed by atoms with Crippen LogP contribution in [0, 0.1) is 29.8 Å². The smallest absolute Gasteiger partial charge is 0.270 e. The summed E-state index contributed by atoms with van der Waals surface area (Å²) >= 11 is 0. The number of aryl methyl sites for hydroxylation is 1. The molecule has 0 aliphatic rings. The molecular formula is C15H15FN2O2. The number of hydrogen-bond acceptors (Lipinski definition) is 3. The number of nitro groups is 1. The van der Waals surface area contributed by atoms with Crippen molar-refractivity contribution in [1.82, 2.24) is 0 Å². The quantitative estimate of drug-likeness (QED) is 0.689. The maximum absolute atomic E-state index is 13.3. The fraction of sp³-hybridized carbons (Fsp3) is 0.200. The van der Waals surface area contributed by atoms with Crippen LogP contribution >= 0.6 is 0 Å². The van der Waals surface area contributed by atoms with E-state index in [9.17, 15) is 14.5 Å². The van der Waals surface area contributed by atoms with Gasteiger partial charge in [-0.15, -0.1) is 0 Å². The summed E-state index contributed by atoms with van der Waals surface area (Å²) < 4.78 is 13.3. The van der Waals surface area contributed by atoms with Crippen molar-refractivity contribution < 1.29 is 9.31 Å². The highest BCUT2D eigenvalue weighted by molar-refractivity contribution is 5.48. The van der Waals surface area contributed by atoms with Gasteiger partial charge in [0.25, 0.3) is 5.69 Å². The van der Waals surface area contributed by atoms with E-state index >= 15 is 0 Å². The molecule has 0 saturated heterocycles. The predicted octanol–water partition coefficient (Wildman–Crippen LogP) is 3.40. The fourth-order valence-corrected chi connectivity index (χ4v) is 2.18. The van der Waals surface area contributed by atoms with Gasteiger partial charge in [0.15, 0.2) is 0 Å². The Kier molecular flexibility index (Phi) is 3.81. The van der Waals surface area contributed by atoms with Crippen LogP contribution in [0.5, 0.6) is 0 Å². The van der Waals surface area contributed by atoms with E-state index in [2.05, 4.69) is 0 Å². The van der Waals surface area contributed by atoms with Gasteiger partial charge in [-0.25, -0.2) is 4.39 Å². The van der Waals surface area contributed by atoms with Gasteiger partial charge in [-0.3, -0.25) is 10.1 Å². The van der Waals surface area contributed by atoms with Crippen LogP contribution in [0.1, 0.15) is 28.3 Å². The molecule has 0 aliphatic heterocycles. The molecule has 5 heteroatoms. The molecule has 0 amide bonds. The van der Waals surface area contributed by atoms with Gasteiger partial charge in [0.1, 0.15) is 5.82 Å². The van der Waals surface area contributed by atoms with Crippen molar-refractivity contribution >= 4 is 5.69 Å². The summed E-state index contributed by atoms with van der Waals surface area (Å²) in [6.07, 6.45) is 0. The van der Waals surface area contributed by atoms with Crippen molar-refractivity contribution in [3.05, 3.63) is 74.6 Å². The SMILES string of the molecule is Cc1cc([N+](=O)[O-])cc(C(N)c2cccc(F)c2)c1C. The Morgan fingerprint density at radius 3 is 2.55 bits per heavy atom. The molecule has 2 aromatic rings. The van der Waals surface area contributed by atoms with E-state index in [1.165, 1.54) is 24.3 Å². The number of hydrogen-bond donors (Lipinski definition) is 1. The minimum Gasteiger partial charge on any atom is -0.320 e. The van der Waals surface area contributed by atoms with Gasteiger partial charge >= 0.3 is 0 Å². The van der Waals surface area contributed by atoms with Crippen LogP contribution < -0.4 is 5.73 Å². The van der Waals surface area contributed by atoms with Gasteiger partial charge in [-0.1, -0.05) is 12.1 Å². The summed E-state index contributed by atoms with van der Waals surface area (Å²) in [5.74, 6) is -0.377. The molecule has 0 aliphatic carbocycles. The Morgan fingerprint density at radius 1 is 1.25 bits per heavy atom. The molecule has 0 bridgehead atoms. The molecular weight excluding hydrogens is 259 g/mol. The van der Waals surface area contributed by atoms with Crippen LogP contribution in [0.25, 0.3) is 0 Å². The zero-order chi connectivity index (χ0) is 14.9. The third kappa shape index (κ3) is 2.67. The average molecular weight is 274 g/mol. The lowest BCUT2D eigenvalue weighted by molar-refractivity contribution is -0.385. The number of benzene rings is 2. The molecule has 4 nitrogen and oxygen atoms in total. The Hall–Kier alpha value is -2.27. The lowest BCUT2D eigenvalue weighted by Gasteiger charge is -2.16. The summed E-state index contributed by atoms with van der Waals surface area (Å²) in [5.41, 5.74) is 9.04. The molecule has 0 spiro atoms. The second-order valence-corrected chi connectivity index (χ2v) is 4.77. The third-order valence-corrected chi connectivity index (χ3v) is 3.45. The minimum absolute atomic E-state index is 0.00467. The summed E-state index contributed by atoms with van der Waals surface area (Å²) in [7, 11) is 0. The van der Waals surface area contributed by atoms with Crippen molar-refractivity contribution in [3.8, 4) is 0 Å². The molecule has 104 valence electrons. The molecule has 0 fully saturated rings. The Balaban J connectivity index is 2.54. The molecule has 0 saturated carbocycles. The van der Waals surface area contributed by atoms with E-state index in [0.29, 0.717) is 11.1 Å². The standard InChI is InChI=1S/C15H15FN2O2/c1-9-6-13(18(19)20)8-14(10(9)2)15(17)11-4-3-5-12(16)7-11/h3-8,15H,17H2,1-2H3. The number of non-ortho nitro benzene ring substituents is 1. The van der Waals surface area contributed by atoms with Gasteiger partial charge in [-0.05, 0) is 48.2 Å². The van der Waals surface area contributed by atoms with E-state index in [4.69, 9.17) is 5.73 Å². The van der Waals surface area contributed by atoms with Crippen molar-refractivity contribution in [2.75, 3.05) is 0 Å². The molecule has 2 rings (SSSR count). The molecule has 1 unspecified atom stereocenters. The first-order valence-corrected chi connectivity index (χ1v) is 6.16. The number of nitrogens with zero attached hydrogens (tertiary/aromatic N) is 1. The van der Waals surface area contributed by atoms with Crippen molar-refractivity contribution in [3.63, 3.8) is 0 Å². The van der Waals surface area contributed by atoms with Crippen LogP contribution in [0.4, 0.5) is 10.1 Å². The second-order valence-electron chi connectivity index (χ2n) is 4.77. The normalized spacial score (nSPS) is 12.2. The van der Waals surface area contributed by atoms with Gasteiger partial charge in [0.2, 0.25) is 0 Å². The van der Waals surface area contributed by atoms with E-state index < -0.39 is 11.0 Å². The van der Waals surface area contributed by atoms with E-state index in [1.807, 2.05) is 6.92 Å². The highest BCUT2D eigenvalue weighted by atomic mass is 19.1. The summed E-state index contributed by atoms with van der Waals surface area (Å²) in [6, 6.07) is 8.34. The van der Waals surface area contributed by atoms with E-state index in [-0.39, 0.29) is 11.5 Å². The lowest BCUT2D eigenvalue weighted by Crippen LogP contribution is -2.14. The van der Waals surface area contributed by atoms with Gasteiger partial charge in [0.05, 0.1) is 11.0 Å². The molecule has 20 heavy (non-hydrogen) atoms. The van der Waals surface area contributed by atoms with Gasteiger partial charge in [0, 0.05) is 12.1 Å². The molecule has 0 aromatic heterocycles. The summed E-state index contributed by atoms with van der Waals surface area (Å²) in [5, 5.41) is 10.9. The maximum atomic E-state index is 13.3. The van der Waals surface area contributed by atoms with Crippen molar-refractivity contribution in [2.45, 2.75) is 19.9 Å². The van der Waals surface area contributed by atoms with E-state index in [0.717, 1.165) is 11.1 Å². The summed E-state index contributed by atoms with van der Waals surface area (Å²) in [4.78, 5) is 10.5. The zero-order valence-electron chi connectivity index (χ0n) is 11.3. The number of rotatable bonds is 3. The monoisotopic (exact) mass is 274 g/mol. The highest BCUT2D eigenvalue weighted by Gasteiger charge is 2.18. The largest absolute Gasteiger partial charge is 0.320 e. The van der Waals surface area contributed by atoms with Gasteiger partial charge in [-0.2, -0.15) is 0 Å². The van der Waals surface area contributed by atoms with Crippen LogP contribution in [-0.2, 0) is 0 Å². The van der Waals surface area contributed by atoms with Crippen molar-refractivity contribution in [1.29, 1.82) is 0 Å². The predicted molar refractivity (Wildman–Crippen MR) is 75.0 cm³/mol. The Labute approximate surface area is 116 Å². The van der Waals surface area contributed by atoms with E-state index in [1.54, 1.807) is 19.1 Å². The zero-order valence-corrected chi connectivity index (χ0v) is 11.3. The summed E-state index contributed by atoms with van der Waals surface area (Å²) in [6.45, 7) is 3.65. The van der Waals surface area contributed by atoms with Crippen LogP contribution in [0.3, 0.4) is 0 Å². The second kappa shape index (κ2) is 5.38. The number of nitro benzene ring substituents is 1. The Morgan fingerprint density at radius 2 is 1.95 bits per heavy atom. The number of nitrogens with two attached hydrogens (primary N) is 1. The molecule has 2 N–H and O–H groups in total. The third-order valence-electron chi connectivity index (χ3n) is 3.45. The topological polar surface area (TPSA) is 69.2 Å². The molecule has 1 atom stereocenters. The highest BCUT2D eigenvalue weighted by Crippen LogP contribution is 2.29. The van der Waals surface area contributed by atoms with Crippen molar-refractivity contribution in [2.24, 2.45) is 5.73 Å². The maximum Gasteiger partial charge on any atom is 0.270 e. The van der Waals surface area contributed by atoms with Crippen LogP contribution in [0.2, 0.25) is 0 Å². The Bertz CT molecular complexity index is 671. The fourth-order valence-electron chi connectivity index (χ4n) is 2.18. The molecule has 0 radical (unpaired) electrons. The number of halogens is 1.